The molecular formula is C41H36FN3O4S. The topological polar surface area (TPSA) is 81.5 Å². The molecule has 4 heterocycles. The average molecular weight is 686 g/mol. The van der Waals surface area contributed by atoms with Crippen molar-refractivity contribution in [2.45, 2.75) is 53.1 Å². The van der Waals surface area contributed by atoms with Crippen LogP contribution in [0.1, 0.15) is 63.2 Å². The maximum absolute atomic E-state index is 14.5. The quantitative estimate of drug-likeness (QED) is 0.169. The number of para-hydroxylation sites is 1. The van der Waals surface area contributed by atoms with Crippen LogP contribution in [0, 0.1) is 19.7 Å². The highest BCUT2D eigenvalue weighted by molar-refractivity contribution is 7.17. The first-order valence-corrected chi connectivity index (χ1v) is 17.3. The molecule has 0 saturated heterocycles. The van der Waals surface area contributed by atoms with Gasteiger partial charge in [0.15, 0.2) is 5.78 Å². The van der Waals surface area contributed by atoms with Crippen molar-refractivity contribution < 1.29 is 23.5 Å². The lowest BCUT2D eigenvalue weighted by Gasteiger charge is -2.23. The Morgan fingerprint density at radius 3 is 2.48 bits per heavy atom. The van der Waals surface area contributed by atoms with Crippen LogP contribution in [0.25, 0.3) is 32.6 Å². The van der Waals surface area contributed by atoms with Crippen LogP contribution in [-0.4, -0.2) is 39.5 Å². The molecule has 0 radical (unpaired) electrons. The normalized spacial score (nSPS) is 12.7. The monoisotopic (exact) mass is 685 g/mol. The van der Waals surface area contributed by atoms with Gasteiger partial charge in [0.25, 0.3) is 5.91 Å². The summed E-state index contributed by atoms with van der Waals surface area (Å²) in [4.78, 5) is 49.0. The molecule has 7 rings (SSSR count). The number of ether oxygens (including phenoxy) is 1. The predicted octanol–water partition coefficient (Wildman–Crippen LogP) is 9.60. The Morgan fingerprint density at radius 1 is 0.920 bits per heavy atom. The number of ketones is 1. The molecule has 6 aromatic rings. The minimum Gasteiger partial charge on any atom is -0.443 e. The van der Waals surface area contributed by atoms with Crippen LogP contribution < -0.4 is 4.90 Å². The lowest BCUT2D eigenvalue weighted by molar-refractivity contribution is 0.0544. The van der Waals surface area contributed by atoms with Gasteiger partial charge in [-0.15, -0.1) is 11.3 Å². The smallest absolute Gasteiger partial charge is 0.419 e. The van der Waals surface area contributed by atoms with Gasteiger partial charge in [-0.2, -0.15) is 0 Å². The van der Waals surface area contributed by atoms with E-state index in [2.05, 4.69) is 0 Å². The van der Waals surface area contributed by atoms with Crippen LogP contribution in [0.2, 0.25) is 0 Å². The van der Waals surface area contributed by atoms with Crippen LogP contribution in [0.4, 0.5) is 14.9 Å². The lowest BCUT2D eigenvalue weighted by atomic mass is 10.0. The highest BCUT2D eigenvalue weighted by atomic mass is 32.1. The summed E-state index contributed by atoms with van der Waals surface area (Å²) in [6.07, 6.45) is 1.75. The summed E-state index contributed by atoms with van der Waals surface area (Å²) in [5.41, 5.74) is 6.27. The second kappa shape index (κ2) is 12.8. The number of fused-ring (bicyclic) bond motifs is 4. The van der Waals surface area contributed by atoms with Gasteiger partial charge in [-0.25, -0.2) is 14.2 Å². The number of aryl methyl sites for hydroxylation is 2. The van der Waals surface area contributed by atoms with Crippen molar-refractivity contribution >= 4 is 45.7 Å². The maximum atomic E-state index is 14.5. The number of hydrogen-bond acceptors (Lipinski definition) is 6. The van der Waals surface area contributed by atoms with Crippen LogP contribution in [0.3, 0.4) is 0 Å². The van der Waals surface area contributed by atoms with Crippen molar-refractivity contribution in [2.75, 3.05) is 11.4 Å². The second-order valence-corrected chi connectivity index (χ2v) is 14.7. The van der Waals surface area contributed by atoms with Gasteiger partial charge in [-0.05, 0) is 99.7 Å². The number of halogens is 1. The SMILES string of the molecule is Cc1ccc2c(-c3cccc(C(=O)N4CCc5cc(C(=O)Cc6c(C)cccc6F)sc5-c5ccccc54)n3)cn(C(=O)OC(C)(C)C)c2c1. The van der Waals surface area contributed by atoms with Crippen LogP contribution in [-0.2, 0) is 17.6 Å². The molecule has 0 saturated carbocycles. The Labute approximate surface area is 294 Å². The van der Waals surface area contributed by atoms with Gasteiger partial charge < -0.3 is 9.64 Å². The molecule has 0 aliphatic carbocycles. The highest BCUT2D eigenvalue weighted by Gasteiger charge is 2.29. The summed E-state index contributed by atoms with van der Waals surface area (Å²) >= 11 is 1.38. The second-order valence-electron chi connectivity index (χ2n) is 13.6. The van der Waals surface area contributed by atoms with Crippen molar-refractivity contribution in [3.05, 3.63) is 130 Å². The number of pyridine rings is 1. The van der Waals surface area contributed by atoms with Gasteiger partial charge in [-0.3, -0.25) is 14.2 Å². The molecule has 1 amide bonds. The van der Waals surface area contributed by atoms with Gasteiger partial charge in [0, 0.05) is 40.6 Å². The number of benzene rings is 3. The van der Waals surface area contributed by atoms with E-state index in [1.165, 1.54) is 22.0 Å². The lowest BCUT2D eigenvalue weighted by Crippen LogP contribution is -2.33. The zero-order valence-corrected chi connectivity index (χ0v) is 29.4. The fourth-order valence-corrected chi connectivity index (χ4v) is 7.61. The molecule has 252 valence electrons. The van der Waals surface area contributed by atoms with Crippen LogP contribution >= 0.6 is 11.3 Å². The number of carbonyl (C=O) groups is 3. The summed E-state index contributed by atoms with van der Waals surface area (Å²) < 4.78 is 21.7. The number of aromatic nitrogens is 2. The number of carbonyl (C=O) groups excluding carboxylic acids is 3. The molecular weight excluding hydrogens is 650 g/mol. The Bertz CT molecular complexity index is 2310. The van der Waals surface area contributed by atoms with Gasteiger partial charge in [-0.1, -0.05) is 48.5 Å². The average Bonchev–Trinajstić information content (AvgIpc) is 3.64. The Morgan fingerprint density at radius 2 is 1.70 bits per heavy atom. The van der Waals surface area contributed by atoms with Gasteiger partial charge in [0.05, 0.1) is 21.8 Å². The third kappa shape index (κ3) is 6.25. The van der Waals surface area contributed by atoms with E-state index in [1.54, 1.807) is 29.3 Å². The van der Waals surface area contributed by atoms with E-state index in [1.807, 2.05) is 95.3 Å². The maximum Gasteiger partial charge on any atom is 0.419 e. The number of amides is 1. The summed E-state index contributed by atoms with van der Waals surface area (Å²) in [5.74, 6) is -0.768. The van der Waals surface area contributed by atoms with Crippen molar-refractivity contribution in [2.24, 2.45) is 0 Å². The molecule has 50 heavy (non-hydrogen) atoms. The number of nitrogens with zero attached hydrogens (tertiary/aromatic N) is 3. The molecule has 3 aromatic carbocycles. The molecule has 1 aliphatic heterocycles. The molecule has 0 unspecified atom stereocenters. The van der Waals surface area contributed by atoms with E-state index in [-0.39, 0.29) is 29.6 Å². The van der Waals surface area contributed by atoms with Gasteiger partial charge in [0.2, 0.25) is 0 Å². The van der Waals surface area contributed by atoms with Crippen molar-refractivity contribution in [3.8, 4) is 21.7 Å². The molecule has 0 fully saturated rings. The van der Waals surface area contributed by atoms with E-state index >= 15 is 0 Å². The standard InChI is InChI=1S/C41H36FN3O4S/c1-24-16-17-27-30(23-45(35(27)20-24)40(48)49-41(3,4)5)32-13-9-14-33(43-32)39(47)44-19-18-26-21-37(50-38(26)28-11-6-7-15-34(28)44)36(46)22-29-25(2)10-8-12-31(29)42/h6-17,20-21,23H,18-19,22H2,1-5H3. The van der Waals surface area contributed by atoms with E-state index in [0.717, 1.165) is 38.2 Å². The van der Waals surface area contributed by atoms with Crippen molar-refractivity contribution in [1.29, 1.82) is 0 Å². The first kappa shape index (κ1) is 33.1. The molecule has 3 aromatic heterocycles. The molecule has 0 spiro atoms. The fourth-order valence-electron chi connectivity index (χ4n) is 6.43. The van der Waals surface area contributed by atoms with E-state index < -0.39 is 11.7 Å². The first-order valence-electron chi connectivity index (χ1n) is 16.5. The van der Waals surface area contributed by atoms with E-state index in [4.69, 9.17) is 9.72 Å². The Balaban J connectivity index is 1.21. The third-order valence-electron chi connectivity index (χ3n) is 8.86. The van der Waals surface area contributed by atoms with Crippen molar-refractivity contribution in [3.63, 3.8) is 0 Å². The number of Topliss-reactive ketones (excluding diaryl/α,β-unsaturated/α-hetero) is 1. The number of thiophene rings is 1. The molecule has 9 heteroatoms. The molecule has 0 atom stereocenters. The molecule has 1 aliphatic rings. The predicted molar refractivity (Wildman–Crippen MR) is 196 cm³/mol. The molecule has 0 N–H and O–H groups in total. The Hall–Kier alpha value is -5.41. The highest BCUT2D eigenvalue weighted by Crippen LogP contribution is 2.42. The number of anilines is 1. The first-order chi connectivity index (χ1) is 23.9. The molecule has 7 nitrogen and oxygen atoms in total. The molecule has 0 bridgehead atoms. The summed E-state index contributed by atoms with van der Waals surface area (Å²) in [5, 5.41) is 0.818. The van der Waals surface area contributed by atoms with Crippen LogP contribution in [0.5, 0.6) is 0 Å². The third-order valence-corrected chi connectivity index (χ3v) is 10.1. The zero-order valence-electron chi connectivity index (χ0n) is 28.5. The van der Waals surface area contributed by atoms with E-state index in [9.17, 15) is 18.8 Å². The largest absolute Gasteiger partial charge is 0.443 e. The summed E-state index contributed by atoms with van der Waals surface area (Å²) in [6, 6.07) is 25.6. The zero-order chi connectivity index (χ0) is 35.3. The number of rotatable bonds is 5. The number of hydrogen-bond donors (Lipinski definition) is 0. The minimum atomic E-state index is -0.674. The minimum absolute atomic E-state index is 0.0117. The Kier molecular flexibility index (Phi) is 8.48. The summed E-state index contributed by atoms with van der Waals surface area (Å²) in [6.45, 7) is 9.63. The van der Waals surface area contributed by atoms with Crippen molar-refractivity contribution in [1.82, 2.24) is 9.55 Å². The van der Waals surface area contributed by atoms with Gasteiger partial charge in [0.1, 0.15) is 17.1 Å². The van der Waals surface area contributed by atoms with E-state index in [0.29, 0.717) is 40.2 Å². The summed E-state index contributed by atoms with van der Waals surface area (Å²) in [7, 11) is 0. The van der Waals surface area contributed by atoms with Crippen LogP contribution in [0.15, 0.2) is 91.1 Å². The van der Waals surface area contributed by atoms with Gasteiger partial charge >= 0.3 is 6.09 Å². The fraction of sp³-hybridized carbons (Fsp3) is 0.220.